The van der Waals surface area contributed by atoms with Crippen LogP contribution in [0, 0.1) is 0 Å². The van der Waals surface area contributed by atoms with Crippen LogP contribution >= 0.6 is 0 Å². The lowest BCUT2D eigenvalue weighted by atomic mass is 10.2. The number of hydrogen-bond donors (Lipinski definition) is 3. The van der Waals surface area contributed by atoms with Crippen LogP contribution in [0.1, 0.15) is 13.8 Å². The maximum atomic E-state index is 10.7. The van der Waals surface area contributed by atoms with Crippen LogP contribution in [0.2, 0.25) is 0 Å². The summed E-state index contributed by atoms with van der Waals surface area (Å²) in [6.45, 7) is 6.07. The first kappa shape index (κ1) is 10.9. The Bertz CT molecular complexity index is 241. The Morgan fingerprint density at radius 1 is 1.79 bits per heavy atom. The highest BCUT2D eigenvalue weighted by molar-refractivity contribution is 6.04. The smallest absolute Gasteiger partial charge is 0.328 e. The average Bonchev–Trinajstić information content (AvgIpc) is 2.47. The van der Waals surface area contributed by atoms with Crippen molar-refractivity contribution in [1.29, 1.82) is 0 Å². The van der Waals surface area contributed by atoms with E-state index in [-0.39, 0.29) is 0 Å². The topological polar surface area (TPSA) is 77.0 Å². The highest BCUT2D eigenvalue weighted by Crippen LogP contribution is 2.02. The van der Waals surface area contributed by atoms with Crippen molar-refractivity contribution in [3.8, 4) is 0 Å². The van der Waals surface area contributed by atoms with Gasteiger partial charge in [-0.15, -0.1) is 0 Å². The molecule has 0 aromatic heterocycles. The number of likely N-dealkylation sites (N-methyl/N-ethyl adjacent to an activating group) is 1. The molecule has 0 saturated heterocycles. The van der Waals surface area contributed by atoms with E-state index in [1.54, 1.807) is 12.0 Å². The fraction of sp³-hybridized carbons (Fsp3) is 0.750. The Hall–Kier alpha value is -1.14. The molecule has 1 aliphatic rings. The van der Waals surface area contributed by atoms with Crippen molar-refractivity contribution in [2.45, 2.75) is 19.9 Å². The van der Waals surface area contributed by atoms with Gasteiger partial charge >= 0.3 is 5.97 Å². The van der Waals surface area contributed by atoms with Crippen molar-refractivity contribution < 1.29 is 9.90 Å². The van der Waals surface area contributed by atoms with Gasteiger partial charge < -0.3 is 10.4 Å². The van der Waals surface area contributed by atoms with Gasteiger partial charge in [0.25, 0.3) is 0 Å². The fourth-order valence-corrected chi connectivity index (χ4v) is 1.23. The molecule has 1 atom stereocenters. The van der Waals surface area contributed by atoms with E-state index < -0.39 is 12.0 Å². The van der Waals surface area contributed by atoms with Gasteiger partial charge in [0.05, 0.1) is 12.3 Å². The molecule has 0 spiro atoms. The van der Waals surface area contributed by atoms with E-state index in [0.717, 1.165) is 13.1 Å². The number of hydrazine groups is 1. The predicted molar refractivity (Wildman–Crippen MR) is 52.9 cm³/mol. The molecular weight excluding hydrogens is 184 g/mol. The Morgan fingerprint density at radius 3 is 3.00 bits per heavy atom. The van der Waals surface area contributed by atoms with Gasteiger partial charge in [0.2, 0.25) is 0 Å². The number of rotatable bonds is 5. The van der Waals surface area contributed by atoms with Gasteiger partial charge in [-0.05, 0) is 13.5 Å². The summed E-state index contributed by atoms with van der Waals surface area (Å²) in [5, 5.41) is 17.6. The Labute approximate surface area is 82.9 Å². The summed E-state index contributed by atoms with van der Waals surface area (Å²) in [4.78, 5) is 10.7. The Kier molecular flexibility index (Phi) is 3.84. The van der Waals surface area contributed by atoms with Crippen LogP contribution in [0.25, 0.3) is 0 Å². The summed E-state index contributed by atoms with van der Waals surface area (Å²) in [6, 6.07) is -0.670. The van der Waals surface area contributed by atoms with E-state index in [4.69, 9.17) is 5.11 Å². The van der Waals surface area contributed by atoms with Crippen LogP contribution in [0.4, 0.5) is 0 Å². The third kappa shape index (κ3) is 2.68. The normalized spacial score (nSPS) is 21.1. The molecule has 0 aromatic rings. The second-order valence-corrected chi connectivity index (χ2v) is 3.12. The first-order chi connectivity index (χ1) is 6.65. The third-order valence-electron chi connectivity index (χ3n) is 1.97. The number of nitrogens with one attached hydrogen (secondary N) is 2. The molecule has 1 aliphatic heterocycles. The summed E-state index contributed by atoms with van der Waals surface area (Å²) in [6.07, 6.45) is 0. The van der Waals surface area contributed by atoms with E-state index >= 15 is 0 Å². The third-order valence-corrected chi connectivity index (χ3v) is 1.97. The second kappa shape index (κ2) is 4.92. The molecule has 14 heavy (non-hydrogen) atoms. The highest BCUT2D eigenvalue weighted by atomic mass is 16.4. The minimum Gasteiger partial charge on any atom is -0.480 e. The molecule has 6 nitrogen and oxygen atoms in total. The number of aliphatic carboxylic acids is 1. The van der Waals surface area contributed by atoms with Gasteiger partial charge in [-0.25, -0.2) is 5.12 Å². The molecule has 0 fully saturated rings. The number of carboxylic acids is 1. The zero-order chi connectivity index (χ0) is 10.6. The van der Waals surface area contributed by atoms with E-state index in [1.807, 2.05) is 6.92 Å². The molecule has 3 N–H and O–H groups in total. The number of hydrogen-bond acceptors (Lipinski definition) is 5. The van der Waals surface area contributed by atoms with Gasteiger partial charge in [-0.3, -0.25) is 4.79 Å². The van der Waals surface area contributed by atoms with Crippen molar-refractivity contribution in [2.24, 2.45) is 5.10 Å². The molecule has 1 rings (SSSR count). The first-order valence-electron chi connectivity index (χ1n) is 4.67. The lowest BCUT2D eigenvalue weighted by molar-refractivity contribution is -0.138. The highest BCUT2D eigenvalue weighted by Gasteiger charge is 2.28. The van der Waals surface area contributed by atoms with Gasteiger partial charge in [0.1, 0.15) is 0 Å². The van der Waals surface area contributed by atoms with Crippen LogP contribution in [0.15, 0.2) is 5.10 Å². The minimum atomic E-state index is -0.891. The van der Waals surface area contributed by atoms with E-state index in [2.05, 4.69) is 15.8 Å². The fourth-order valence-electron chi connectivity index (χ4n) is 1.23. The summed E-state index contributed by atoms with van der Waals surface area (Å²) < 4.78 is 0. The minimum absolute atomic E-state index is 0.592. The molecule has 80 valence electrons. The maximum Gasteiger partial charge on any atom is 0.328 e. The van der Waals surface area contributed by atoms with Gasteiger partial charge in [0, 0.05) is 6.54 Å². The van der Waals surface area contributed by atoms with Crippen LogP contribution in [0.3, 0.4) is 0 Å². The van der Waals surface area contributed by atoms with Crippen LogP contribution in [-0.4, -0.2) is 47.6 Å². The zero-order valence-corrected chi connectivity index (χ0v) is 8.45. The van der Waals surface area contributed by atoms with Gasteiger partial charge in [-0.1, -0.05) is 6.92 Å². The molecule has 1 unspecified atom stereocenters. The Morgan fingerprint density at radius 2 is 2.50 bits per heavy atom. The SMILES string of the molecule is CCNCCN1N=C(C)C(C(=O)O)N1. The van der Waals surface area contributed by atoms with E-state index in [9.17, 15) is 4.79 Å². The number of nitrogens with zero attached hydrogens (tertiary/aromatic N) is 2. The largest absolute Gasteiger partial charge is 0.480 e. The van der Waals surface area contributed by atoms with Crippen molar-refractivity contribution in [3.63, 3.8) is 0 Å². The number of hydrazone groups is 1. The van der Waals surface area contributed by atoms with Gasteiger partial charge in [-0.2, -0.15) is 10.5 Å². The summed E-state index contributed by atoms with van der Waals surface area (Å²) >= 11 is 0. The molecule has 0 amide bonds. The monoisotopic (exact) mass is 200 g/mol. The molecule has 0 bridgehead atoms. The van der Waals surface area contributed by atoms with Crippen molar-refractivity contribution in [3.05, 3.63) is 0 Å². The molecule has 1 heterocycles. The summed E-state index contributed by atoms with van der Waals surface area (Å²) in [7, 11) is 0. The van der Waals surface area contributed by atoms with Crippen molar-refractivity contribution >= 4 is 11.7 Å². The quantitative estimate of drug-likeness (QED) is 0.509. The molecule has 0 saturated carbocycles. The summed E-state index contributed by atoms with van der Waals surface area (Å²) in [5.41, 5.74) is 3.38. The molecular formula is C8H16N4O2. The lowest BCUT2D eigenvalue weighted by Crippen LogP contribution is -2.44. The summed E-state index contributed by atoms with van der Waals surface area (Å²) in [5.74, 6) is -0.891. The molecule has 6 heteroatoms. The van der Waals surface area contributed by atoms with Crippen LogP contribution in [-0.2, 0) is 4.79 Å². The standard InChI is InChI=1S/C8H16N4O2/c1-3-9-4-5-12-10-6(2)7(11-12)8(13)14/h7,9,11H,3-5H2,1-2H3,(H,13,14). The first-order valence-corrected chi connectivity index (χ1v) is 4.67. The predicted octanol–water partition coefficient (Wildman–Crippen LogP) is -0.755. The average molecular weight is 200 g/mol. The molecule has 0 aliphatic carbocycles. The second-order valence-electron chi connectivity index (χ2n) is 3.12. The number of carboxylic acid groups (broad SMARTS) is 1. The Balaban J connectivity index is 2.35. The maximum absolute atomic E-state index is 10.7. The van der Waals surface area contributed by atoms with E-state index in [0.29, 0.717) is 12.3 Å². The van der Waals surface area contributed by atoms with Crippen LogP contribution < -0.4 is 10.7 Å². The van der Waals surface area contributed by atoms with Gasteiger partial charge in [0.15, 0.2) is 6.04 Å². The van der Waals surface area contributed by atoms with Crippen molar-refractivity contribution in [2.75, 3.05) is 19.6 Å². The number of carbonyl (C=O) groups is 1. The lowest BCUT2D eigenvalue weighted by Gasteiger charge is -2.15. The molecule has 0 aromatic carbocycles. The van der Waals surface area contributed by atoms with Crippen molar-refractivity contribution in [1.82, 2.24) is 15.9 Å². The molecule has 0 radical (unpaired) electrons. The van der Waals surface area contributed by atoms with Crippen LogP contribution in [0.5, 0.6) is 0 Å². The van der Waals surface area contributed by atoms with E-state index in [1.165, 1.54) is 0 Å². The zero-order valence-electron chi connectivity index (χ0n) is 8.45.